The van der Waals surface area contributed by atoms with Crippen molar-refractivity contribution in [1.82, 2.24) is 9.55 Å². The predicted molar refractivity (Wildman–Crippen MR) is 166 cm³/mol. The molecular weight excluding hydrogens is 492 g/mol. The van der Waals surface area contributed by atoms with Crippen molar-refractivity contribution in [2.75, 3.05) is 5.32 Å². The summed E-state index contributed by atoms with van der Waals surface area (Å²) in [5, 5.41) is 5.50. The first-order chi connectivity index (χ1) is 19.4. The van der Waals surface area contributed by atoms with Crippen molar-refractivity contribution < 1.29 is 4.42 Å². The number of benzene rings is 4. The Morgan fingerprint density at radius 2 is 1.60 bits per heavy atom. The third kappa shape index (κ3) is 4.60. The van der Waals surface area contributed by atoms with E-state index in [2.05, 4.69) is 92.2 Å². The molecule has 0 saturated heterocycles. The van der Waals surface area contributed by atoms with Crippen LogP contribution >= 0.6 is 0 Å². The highest BCUT2D eigenvalue weighted by molar-refractivity contribution is 6.10. The lowest BCUT2D eigenvalue weighted by Crippen LogP contribution is -2.16. The van der Waals surface area contributed by atoms with Gasteiger partial charge in [-0.05, 0) is 68.7 Å². The number of hydrogen-bond donors (Lipinski definition) is 1. The molecule has 0 saturated carbocycles. The highest BCUT2D eigenvalue weighted by atomic mass is 16.3. The van der Waals surface area contributed by atoms with Crippen LogP contribution in [0.5, 0.6) is 0 Å². The van der Waals surface area contributed by atoms with Gasteiger partial charge in [0.2, 0.25) is 0 Å². The van der Waals surface area contributed by atoms with Crippen LogP contribution in [0.4, 0.5) is 5.69 Å². The number of anilines is 1. The standard InChI is InChI=1S/C35H32N4O/c1-24-12-5-8-15-29(24)36-20-11-21-38-35(3,4)28-19-18-27-26-14-7-10-17-31(26)40-33(27)32(28)34-37-22-23-39(34)30-16-9-6-13-25(30)2/h5-23,36H,1-4H3/b20-11-,38-21?. The summed E-state index contributed by atoms with van der Waals surface area (Å²) in [4.78, 5) is 9.88. The Morgan fingerprint density at radius 1 is 0.850 bits per heavy atom. The van der Waals surface area contributed by atoms with Crippen LogP contribution in [0.1, 0.15) is 30.5 Å². The molecule has 0 aliphatic carbocycles. The molecule has 2 heterocycles. The smallest absolute Gasteiger partial charge is 0.148 e. The van der Waals surface area contributed by atoms with Gasteiger partial charge in [-0.1, -0.05) is 66.7 Å². The molecule has 0 bridgehead atoms. The second kappa shape index (κ2) is 10.3. The molecule has 0 fully saturated rings. The Labute approximate surface area is 234 Å². The molecular formula is C35H32N4O. The Bertz CT molecular complexity index is 1890. The van der Waals surface area contributed by atoms with E-state index in [4.69, 9.17) is 14.4 Å². The highest BCUT2D eigenvalue weighted by Gasteiger charge is 2.29. The molecule has 198 valence electrons. The number of nitrogens with one attached hydrogen (secondary N) is 1. The van der Waals surface area contributed by atoms with Gasteiger partial charge in [0.1, 0.15) is 17.0 Å². The fourth-order valence-electron chi connectivity index (χ4n) is 5.25. The van der Waals surface area contributed by atoms with Crippen LogP contribution < -0.4 is 5.32 Å². The maximum absolute atomic E-state index is 6.54. The number of imidazole rings is 1. The van der Waals surface area contributed by atoms with Crippen LogP contribution in [0.15, 0.2) is 119 Å². The van der Waals surface area contributed by atoms with E-state index < -0.39 is 5.54 Å². The van der Waals surface area contributed by atoms with Crippen molar-refractivity contribution in [2.45, 2.75) is 33.2 Å². The zero-order valence-corrected chi connectivity index (χ0v) is 23.2. The molecule has 5 heteroatoms. The first-order valence-electron chi connectivity index (χ1n) is 13.5. The molecule has 0 aliphatic heterocycles. The average Bonchev–Trinajstić information content (AvgIpc) is 3.58. The first-order valence-corrected chi connectivity index (χ1v) is 13.5. The topological polar surface area (TPSA) is 55.4 Å². The molecule has 0 spiro atoms. The molecule has 6 aromatic rings. The highest BCUT2D eigenvalue weighted by Crippen LogP contribution is 2.42. The van der Waals surface area contributed by atoms with Gasteiger partial charge in [-0.2, -0.15) is 0 Å². The normalized spacial score (nSPS) is 12.3. The molecule has 40 heavy (non-hydrogen) atoms. The zero-order valence-electron chi connectivity index (χ0n) is 23.2. The Kier molecular flexibility index (Phi) is 6.56. The van der Waals surface area contributed by atoms with E-state index in [1.807, 2.05) is 61.2 Å². The molecule has 1 N–H and O–H groups in total. The van der Waals surface area contributed by atoms with E-state index in [9.17, 15) is 0 Å². The van der Waals surface area contributed by atoms with Crippen LogP contribution in [0, 0.1) is 13.8 Å². The van der Waals surface area contributed by atoms with Gasteiger partial charge in [0.05, 0.1) is 11.1 Å². The third-order valence-electron chi connectivity index (χ3n) is 7.41. The summed E-state index contributed by atoms with van der Waals surface area (Å²) in [6, 6.07) is 29.0. The van der Waals surface area contributed by atoms with Crippen molar-refractivity contribution >= 4 is 33.8 Å². The maximum atomic E-state index is 6.54. The fourth-order valence-corrected chi connectivity index (χ4v) is 5.25. The van der Waals surface area contributed by atoms with E-state index >= 15 is 0 Å². The lowest BCUT2D eigenvalue weighted by Gasteiger charge is -2.24. The van der Waals surface area contributed by atoms with Gasteiger partial charge in [0.15, 0.2) is 0 Å². The number of aromatic nitrogens is 2. The van der Waals surface area contributed by atoms with Crippen molar-refractivity contribution in [3.8, 4) is 17.1 Å². The Balaban J connectivity index is 1.47. The molecule has 4 aromatic carbocycles. The maximum Gasteiger partial charge on any atom is 0.148 e. The monoisotopic (exact) mass is 524 g/mol. The number of rotatable bonds is 7. The largest absolute Gasteiger partial charge is 0.455 e. The number of para-hydroxylation sites is 3. The van der Waals surface area contributed by atoms with E-state index in [0.29, 0.717) is 0 Å². The predicted octanol–water partition coefficient (Wildman–Crippen LogP) is 8.99. The number of aliphatic imine (C=N–C) groups is 1. The van der Waals surface area contributed by atoms with Gasteiger partial charge < -0.3 is 9.73 Å². The van der Waals surface area contributed by atoms with Gasteiger partial charge in [-0.25, -0.2) is 4.98 Å². The second-order valence-electron chi connectivity index (χ2n) is 10.5. The summed E-state index contributed by atoms with van der Waals surface area (Å²) >= 11 is 0. The van der Waals surface area contributed by atoms with Crippen LogP contribution in [0.25, 0.3) is 39.0 Å². The summed E-state index contributed by atoms with van der Waals surface area (Å²) in [5.74, 6) is 0.828. The Hall–Kier alpha value is -4.90. The lowest BCUT2D eigenvalue weighted by atomic mass is 9.88. The van der Waals surface area contributed by atoms with Crippen LogP contribution in [-0.2, 0) is 5.54 Å². The molecule has 0 atom stereocenters. The summed E-state index contributed by atoms with van der Waals surface area (Å²) < 4.78 is 8.68. The molecule has 0 aliphatic rings. The van der Waals surface area contributed by atoms with Crippen molar-refractivity contribution in [2.24, 2.45) is 4.99 Å². The van der Waals surface area contributed by atoms with E-state index in [1.165, 1.54) is 11.1 Å². The molecule has 0 radical (unpaired) electrons. The summed E-state index contributed by atoms with van der Waals surface area (Å²) in [6.07, 6.45) is 9.56. The minimum absolute atomic E-state index is 0.558. The summed E-state index contributed by atoms with van der Waals surface area (Å²) in [5.41, 5.74) is 7.63. The van der Waals surface area contributed by atoms with Crippen molar-refractivity contribution in [3.63, 3.8) is 0 Å². The summed E-state index contributed by atoms with van der Waals surface area (Å²) in [7, 11) is 0. The van der Waals surface area contributed by atoms with E-state index in [-0.39, 0.29) is 0 Å². The van der Waals surface area contributed by atoms with Crippen LogP contribution in [0.2, 0.25) is 0 Å². The molecule has 0 amide bonds. The lowest BCUT2D eigenvalue weighted by molar-refractivity contribution is 0.561. The van der Waals surface area contributed by atoms with Crippen molar-refractivity contribution in [3.05, 3.63) is 126 Å². The number of aryl methyl sites for hydroxylation is 2. The second-order valence-corrected chi connectivity index (χ2v) is 10.5. The molecule has 5 nitrogen and oxygen atoms in total. The fraction of sp³-hybridized carbons (Fsp3) is 0.143. The third-order valence-corrected chi connectivity index (χ3v) is 7.41. The average molecular weight is 525 g/mol. The first kappa shape index (κ1) is 25.4. The molecule has 0 unspecified atom stereocenters. The van der Waals surface area contributed by atoms with Gasteiger partial charge in [0.25, 0.3) is 0 Å². The van der Waals surface area contributed by atoms with Gasteiger partial charge in [-0.3, -0.25) is 9.56 Å². The van der Waals surface area contributed by atoms with E-state index in [1.54, 1.807) is 0 Å². The number of fused-ring (bicyclic) bond motifs is 3. The minimum Gasteiger partial charge on any atom is -0.455 e. The van der Waals surface area contributed by atoms with Gasteiger partial charge >= 0.3 is 0 Å². The minimum atomic E-state index is -0.558. The van der Waals surface area contributed by atoms with Gasteiger partial charge in [-0.15, -0.1) is 0 Å². The molecule has 6 rings (SSSR count). The number of nitrogens with zero attached hydrogens (tertiary/aromatic N) is 3. The number of furan rings is 1. The quantitative estimate of drug-likeness (QED) is 0.212. The summed E-state index contributed by atoms with van der Waals surface area (Å²) in [6.45, 7) is 8.46. The van der Waals surface area contributed by atoms with Crippen molar-refractivity contribution in [1.29, 1.82) is 0 Å². The molecule has 2 aromatic heterocycles. The van der Waals surface area contributed by atoms with Crippen LogP contribution in [-0.4, -0.2) is 15.8 Å². The Morgan fingerprint density at radius 3 is 2.42 bits per heavy atom. The van der Waals surface area contributed by atoms with Gasteiger partial charge in [0, 0.05) is 47.0 Å². The SMILES string of the molecule is Cc1ccccc1N/C=C\C=NC(C)(C)c1ccc2c(oc3ccccc32)c1-c1nccn1-c1ccccc1C. The van der Waals surface area contributed by atoms with E-state index in [0.717, 1.165) is 50.3 Å². The zero-order chi connectivity index (χ0) is 27.7. The van der Waals surface area contributed by atoms with Crippen LogP contribution in [0.3, 0.4) is 0 Å². The number of hydrogen-bond acceptors (Lipinski definition) is 4. The number of allylic oxidation sites excluding steroid dienone is 1.